The molecular formula is C13H10FN3S. The van der Waals surface area contributed by atoms with Crippen molar-refractivity contribution >= 4 is 23.0 Å². The summed E-state index contributed by atoms with van der Waals surface area (Å²) in [7, 11) is 0. The van der Waals surface area contributed by atoms with Gasteiger partial charge in [-0.15, -0.1) is 0 Å². The van der Waals surface area contributed by atoms with Crippen molar-refractivity contribution in [2.24, 2.45) is 4.99 Å². The number of nitrogens with zero attached hydrogens (tertiary/aromatic N) is 2. The lowest BCUT2D eigenvalue weighted by Gasteiger charge is -2.26. The first-order valence-corrected chi connectivity index (χ1v) is 5.88. The molecule has 0 amide bonds. The van der Waals surface area contributed by atoms with Crippen molar-refractivity contribution in [3.8, 4) is 0 Å². The topological polar surface area (TPSA) is 27.6 Å². The first-order chi connectivity index (χ1) is 8.65. The molecule has 3 rings (SSSR count). The summed E-state index contributed by atoms with van der Waals surface area (Å²) < 4.78 is 13.7. The molecule has 3 nitrogen and oxygen atoms in total. The summed E-state index contributed by atoms with van der Waals surface area (Å²) in [6.07, 6.45) is 2.43. The van der Waals surface area contributed by atoms with E-state index in [0.29, 0.717) is 22.8 Å². The van der Waals surface area contributed by atoms with E-state index in [0.717, 1.165) is 11.4 Å². The van der Waals surface area contributed by atoms with Crippen LogP contribution < -0.4 is 5.43 Å². The molecule has 0 aliphatic carbocycles. The molecule has 0 saturated carbocycles. The molecule has 1 aromatic rings. The second-order valence-corrected chi connectivity index (χ2v) is 4.47. The van der Waals surface area contributed by atoms with Gasteiger partial charge in [0.05, 0.1) is 11.4 Å². The average molecular weight is 259 g/mol. The number of rotatable bonds is 1. The van der Waals surface area contributed by atoms with Crippen LogP contribution >= 0.6 is 12.2 Å². The van der Waals surface area contributed by atoms with E-state index in [1.54, 1.807) is 23.2 Å². The van der Waals surface area contributed by atoms with Gasteiger partial charge in [0, 0.05) is 17.7 Å². The van der Waals surface area contributed by atoms with E-state index >= 15 is 0 Å². The van der Waals surface area contributed by atoms with Crippen molar-refractivity contribution in [2.45, 2.75) is 6.42 Å². The van der Waals surface area contributed by atoms with Crippen molar-refractivity contribution in [3.63, 3.8) is 0 Å². The second-order valence-electron chi connectivity index (χ2n) is 4.11. The number of hydrazine groups is 1. The van der Waals surface area contributed by atoms with E-state index in [1.807, 2.05) is 6.08 Å². The summed E-state index contributed by atoms with van der Waals surface area (Å²) in [6, 6.07) is 6.58. The first-order valence-electron chi connectivity index (χ1n) is 5.48. The van der Waals surface area contributed by atoms with E-state index in [9.17, 15) is 4.39 Å². The fourth-order valence-electron chi connectivity index (χ4n) is 2.04. The number of hydrogen-bond acceptors (Lipinski definition) is 2. The molecule has 18 heavy (non-hydrogen) atoms. The average Bonchev–Trinajstić information content (AvgIpc) is 2.71. The summed E-state index contributed by atoms with van der Waals surface area (Å²) in [6.45, 7) is 3.81. The third kappa shape index (κ3) is 1.73. The Morgan fingerprint density at radius 3 is 2.94 bits per heavy atom. The van der Waals surface area contributed by atoms with E-state index < -0.39 is 0 Å². The smallest absolute Gasteiger partial charge is 0.219 e. The first kappa shape index (κ1) is 11.1. The molecule has 1 N–H and O–H groups in total. The van der Waals surface area contributed by atoms with Crippen LogP contribution in [0.1, 0.15) is 12.0 Å². The highest BCUT2D eigenvalue weighted by molar-refractivity contribution is 7.80. The molecule has 2 aliphatic heterocycles. The molecule has 0 saturated heterocycles. The number of allylic oxidation sites excluding steroid dienone is 2. The Morgan fingerprint density at radius 1 is 1.39 bits per heavy atom. The summed E-state index contributed by atoms with van der Waals surface area (Å²) in [4.78, 5) is 4.28. The highest BCUT2D eigenvalue weighted by Gasteiger charge is 2.28. The molecule has 0 atom stereocenters. The van der Waals surface area contributed by atoms with Crippen LogP contribution in [0.25, 0.3) is 0 Å². The van der Waals surface area contributed by atoms with Gasteiger partial charge in [-0.05, 0) is 24.4 Å². The van der Waals surface area contributed by atoms with Crippen molar-refractivity contribution in [1.29, 1.82) is 0 Å². The standard InChI is InChI=1S/C13H10FN3S/c1-8-6-9-7-12(15-13(18)17(9)16-8)10-4-2-3-5-11(10)14/h2-6,16H,1,7H2. The normalized spacial score (nSPS) is 18.2. The van der Waals surface area contributed by atoms with Crippen LogP contribution in [0, 0.1) is 5.82 Å². The number of aliphatic imine (C=N–C) groups is 1. The maximum atomic E-state index is 13.7. The maximum absolute atomic E-state index is 13.7. The predicted molar refractivity (Wildman–Crippen MR) is 72.3 cm³/mol. The molecule has 2 heterocycles. The number of thiocarbonyl (C=S) groups is 1. The van der Waals surface area contributed by atoms with Crippen LogP contribution in [-0.2, 0) is 0 Å². The summed E-state index contributed by atoms with van der Waals surface area (Å²) in [5.41, 5.74) is 5.85. The lowest BCUT2D eigenvalue weighted by atomic mass is 10.0. The van der Waals surface area contributed by atoms with Crippen molar-refractivity contribution in [3.05, 3.63) is 59.7 Å². The summed E-state index contributed by atoms with van der Waals surface area (Å²) in [5, 5.41) is 2.08. The van der Waals surface area contributed by atoms with Crippen LogP contribution in [0.15, 0.2) is 53.3 Å². The minimum absolute atomic E-state index is 0.280. The molecule has 1 aromatic carbocycles. The predicted octanol–water partition coefficient (Wildman–Crippen LogP) is 2.52. The number of fused-ring (bicyclic) bond motifs is 1. The minimum atomic E-state index is -0.280. The minimum Gasteiger partial charge on any atom is -0.293 e. The Kier molecular flexibility index (Phi) is 2.48. The highest BCUT2D eigenvalue weighted by atomic mass is 32.1. The quantitative estimate of drug-likeness (QED) is 0.785. The van der Waals surface area contributed by atoms with Gasteiger partial charge in [-0.2, -0.15) is 0 Å². The molecule has 0 spiro atoms. The third-order valence-corrected chi connectivity index (χ3v) is 3.11. The Hall–Kier alpha value is -2.01. The molecule has 0 unspecified atom stereocenters. The van der Waals surface area contributed by atoms with Crippen molar-refractivity contribution in [1.82, 2.24) is 10.4 Å². The Labute approximate surface area is 109 Å². The van der Waals surface area contributed by atoms with Gasteiger partial charge >= 0.3 is 0 Å². The maximum Gasteiger partial charge on any atom is 0.219 e. The number of nitrogens with one attached hydrogen (secondary N) is 1. The van der Waals surface area contributed by atoms with Gasteiger partial charge in [0.2, 0.25) is 5.11 Å². The largest absolute Gasteiger partial charge is 0.293 e. The monoisotopic (exact) mass is 259 g/mol. The van der Waals surface area contributed by atoms with Gasteiger partial charge in [0.15, 0.2) is 0 Å². The van der Waals surface area contributed by atoms with E-state index in [2.05, 4.69) is 17.0 Å². The fourth-order valence-corrected chi connectivity index (χ4v) is 2.31. The molecule has 2 aliphatic rings. The van der Waals surface area contributed by atoms with Gasteiger partial charge in [0.25, 0.3) is 0 Å². The third-order valence-electron chi connectivity index (χ3n) is 2.84. The SMILES string of the molecule is C=C1C=C2CC(c3ccccc3F)=NC(=S)N2N1. The van der Waals surface area contributed by atoms with E-state index in [-0.39, 0.29) is 5.82 Å². The molecule has 0 aromatic heterocycles. The van der Waals surface area contributed by atoms with Crippen LogP contribution in [0.2, 0.25) is 0 Å². The number of hydrogen-bond donors (Lipinski definition) is 1. The lowest BCUT2D eigenvalue weighted by molar-refractivity contribution is 0.451. The molecule has 0 bridgehead atoms. The molecule has 0 fully saturated rings. The molecule has 5 heteroatoms. The van der Waals surface area contributed by atoms with Gasteiger partial charge in [-0.25, -0.2) is 14.4 Å². The zero-order valence-corrected chi connectivity index (χ0v) is 10.3. The number of halogens is 1. The zero-order valence-electron chi connectivity index (χ0n) is 9.48. The second kappa shape index (κ2) is 4.03. The van der Waals surface area contributed by atoms with E-state index in [1.165, 1.54) is 6.07 Å². The Bertz CT molecular complexity index is 618. The van der Waals surface area contributed by atoms with Gasteiger partial charge in [0.1, 0.15) is 5.82 Å². The van der Waals surface area contributed by atoms with Crippen LogP contribution in [0.3, 0.4) is 0 Å². The number of benzene rings is 1. The highest BCUT2D eigenvalue weighted by Crippen LogP contribution is 2.25. The van der Waals surface area contributed by atoms with Crippen LogP contribution in [0.4, 0.5) is 4.39 Å². The van der Waals surface area contributed by atoms with Crippen molar-refractivity contribution in [2.75, 3.05) is 0 Å². The van der Waals surface area contributed by atoms with Gasteiger partial charge in [-0.3, -0.25) is 5.43 Å². The molecule has 0 radical (unpaired) electrons. The van der Waals surface area contributed by atoms with Crippen LogP contribution in [0.5, 0.6) is 0 Å². The molecule has 90 valence electrons. The van der Waals surface area contributed by atoms with Crippen molar-refractivity contribution < 1.29 is 4.39 Å². The summed E-state index contributed by atoms with van der Waals surface area (Å²) in [5.74, 6) is -0.280. The van der Waals surface area contributed by atoms with E-state index in [4.69, 9.17) is 12.2 Å². The Morgan fingerprint density at radius 2 is 2.17 bits per heavy atom. The van der Waals surface area contributed by atoms with Crippen LogP contribution in [-0.4, -0.2) is 15.8 Å². The van der Waals surface area contributed by atoms with Gasteiger partial charge in [-0.1, -0.05) is 24.8 Å². The molecular weight excluding hydrogens is 249 g/mol. The summed E-state index contributed by atoms with van der Waals surface area (Å²) >= 11 is 5.19. The lowest BCUT2D eigenvalue weighted by Crippen LogP contribution is -2.38. The van der Waals surface area contributed by atoms with Gasteiger partial charge < -0.3 is 0 Å². The zero-order chi connectivity index (χ0) is 12.7. The fraction of sp³-hybridized carbons (Fsp3) is 0.0769. The Balaban J connectivity index is 2.03.